The molecule has 292 valence electrons. The van der Waals surface area contributed by atoms with Crippen LogP contribution in [-0.4, -0.2) is 35.4 Å². The summed E-state index contributed by atoms with van der Waals surface area (Å²) in [6.07, 6.45) is 17.4. The number of fused-ring (bicyclic) bond motifs is 7. The fourth-order valence-electron chi connectivity index (χ4n) is 14.4. The molecule has 2 N–H and O–H groups in total. The highest BCUT2D eigenvalue weighted by molar-refractivity contribution is 5.78. The third kappa shape index (κ3) is 6.16. The number of hydrogen-bond donors (Lipinski definition) is 2. The Morgan fingerprint density at radius 2 is 1.66 bits per heavy atom. The van der Waals surface area contributed by atoms with E-state index in [1.807, 2.05) is 44.2 Å². The average molecular weight is 728 g/mol. The van der Waals surface area contributed by atoms with Gasteiger partial charge in [-0.25, -0.2) is 4.39 Å². The number of benzene rings is 1. The number of carbonyl (C=O) groups excluding carboxylic acids is 1. The first-order valence-corrected chi connectivity index (χ1v) is 21.2. The van der Waals surface area contributed by atoms with E-state index in [1.165, 1.54) is 68.1 Å². The first-order chi connectivity index (χ1) is 24.9. The van der Waals surface area contributed by atoms with Crippen molar-refractivity contribution in [2.45, 2.75) is 150 Å². The lowest BCUT2D eigenvalue weighted by molar-refractivity contribution is -0.221. The van der Waals surface area contributed by atoms with Crippen molar-refractivity contribution in [1.29, 1.82) is 0 Å². The smallest absolute Gasteiger partial charge is 0.315 e. The third-order valence-electron chi connectivity index (χ3n) is 17.4. The van der Waals surface area contributed by atoms with Crippen LogP contribution < -0.4 is 5.32 Å². The molecule has 10 atom stereocenters. The number of nitrogens with one attached hydrogen (secondary N) is 1. The first kappa shape index (κ1) is 39.0. The van der Waals surface area contributed by atoms with Crippen LogP contribution in [0.2, 0.25) is 0 Å². The van der Waals surface area contributed by atoms with Crippen molar-refractivity contribution in [2.24, 2.45) is 56.7 Å². The van der Waals surface area contributed by atoms with Crippen LogP contribution in [0.4, 0.5) is 4.39 Å². The van der Waals surface area contributed by atoms with E-state index in [0.717, 1.165) is 18.4 Å². The Balaban J connectivity index is 1.13. The average Bonchev–Trinajstić information content (AvgIpc) is 3.50. The number of esters is 1. The number of allylic oxidation sites excluding steroid dienone is 5. The predicted molar refractivity (Wildman–Crippen MR) is 214 cm³/mol. The molecule has 0 aromatic heterocycles. The minimum atomic E-state index is -1.09. The van der Waals surface area contributed by atoms with Gasteiger partial charge in [-0.1, -0.05) is 89.3 Å². The van der Waals surface area contributed by atoms with Crippen LogP contribution in [0.1, 0.15) is 138 Å². The second-order valence-electron chi connectivity index (χ2n) is 21.0. The molecule has 0 saturated heterocycles. The summed E-state index contributed by atoms with van der Waals surface area (Å²) in [6, 6.07) is 9.68. The fourth-order valence-corrected chi connectivity index (χ4v) is 14.4. The number of halogens is 1. The molecule has 6 aliphatic carbocycles. The van der Waals surface area contributed by atoms with Gasteiger partial charge in [0.25, 0.3) is 0 Å². The Bertz CT molecular complexity index is 1640. The van der Waals surface area contributed by atoms with Crippen molar-refractivity contribution in [2.75, 3.05) is 13.2 Å². The van der Waals surface area contributed by atoms with Gasteiger partial charge in [0.1, 0.15) is 13.3 Å². The number of β-amino-alcohol motifs (C(OH)–C–C–N with tert-alkyl or cyclic N) is 1. The number of rotatable bonds is 9. The van der Waals surface area contributed by atoms with Crippen molar-refractivity contribution in [3.8, 4) is 0 Å². The van der Waals surface area contributed by atoms with Crippen LogP contribution in [-0.2, 0) is 16.1 Å². The van der Waals surface area contributed by atoms with Crippen LogP contribution in [0.3, 0.4) is 0 Å². The molecule has 0 radical (unpaired) electrons. The molecule has 0 spiro atoms. The molecule has 0 unspecified atom stereocenters. The van der Waals surface area contributed by atoms with Crippen LogP contribution >= 0.6 is 0 Å². The Labute approximate surface area is 320 Å². The van der Waals surface area contributed by atoms with Crippen LogP contribution in [0.5, 0.6) is 0 Å². The molecule has 1 aromatic carbocycles. The Morgan fingerprint density at radius 3 is 2.30 bits per heavy atom. The topological polar surface area (TPSA) is 58.6 Å². The molecule has 6 aliphatic rings. The minimum absolute atomic E-state index is 0.000681. The maximum Gasteiger partial charge on any atom is 0.315 e. The van der Waals surface area contributed by atoms with Crippen LogP contribution in [0.15, 0.2) is 65.8 Å². The van der Waals surface area contributed by atoms with E-state index in [1.54, 1.807) is 0 Å². The second-order valence-corrected chi connectivity index (χ2v) is 21.0. The van der Waals surface area contributed by atoms with Crippen molar-refractivity contribution >= 4 is 5.97 Å². The number of alkyl halides is 1. The molecule has 0 bridgehead atoms. The van der Waals surface area contributed by atoms with Gasteiger partial charge in [0.05, 0.1) is 11.0 Å². The molecule has 4 fully saturated rings. The van der Waals surface area contributed by atoms with Crippen LogP contribution in [0, 0.1) is 56.7 Å². The van der Waals surface area contributed by atoms with Crippen molar-refractivity contribution in [1.82, 2.24) is 5.32 Å². The van der Waals surface area contributed by atoms with E-state index < -0.39 is 23.7 Å². The fraction of sp³-hybridized carbons (Fsp3) is 0.729. The quantitative estimate of drug-likeness (QED) is 0.196. The SMILES string of the molecule is C=C(C)[C@@H]1CC[C@]2(NCC(C)(C)O)CC[C@]3(C)[C@H](CC[C@@H]4[C@@]5(C)CC=C(C6=CC[C@](CF)(C(=O)OCc7ccccc7)CC6)C(C)(C)[C@@H]5CC[C@]43C)[C@@H]12. The second kappa shape index (κ2) is 13.5. The van der Waals surface area contributed by atoms with E-state index in [4.69, 9.17) is 4.74 Å². The lowest BCUT2D eigenvalue weighted by Gasteiger charge is -2.72. The Kier molecular flexibility index (Phi) is 9.91. The van der Waals surface area contributed by atoms with Crippen molar-refractivity contribution in [3.05, 3.63) is 71.3 Å². The molecule has 0 heterocycles. The number of hydrogen-bond acceptors (Lipinski definition) is 4. The molecule has 4 nitrogen and oxygen atoms in total. The minimum Gasteiger partial charge on any atom is -0.460 e. The van der Waals surface area contributed by atoms with Gasteiger partial charge in [0, 0.05) is 12.1 Å². The summed E-state index contributed by atoms with van der Waals surface area (Å²) in [5.41, 5.74) is 4.07. The van der Waals surface area contributed by atoms with Gasteiger partial charge in [-0.05, 0) is 166 Å². The lowest BCUT2D eigenvalue weighted by Crippen LogP contribution is -2.68. The molecule has 5 heteroatoms. The van der Waals surface area contributed by atoms with Gasteiger partial charge in [-0.2, -0.15) is 0 Å². The highest BCUT2D eigenvalue weighted by Crippen LogP contribution is 2.76. The van der Waals surface area contributed by atoms with Gasteiger partial charge in [-0.3, -0.25) is 4.79 Å². The van der Waals surface area contributed by atoms with Gasteiger partial charge < -0.3 is 15.2 Å². The number of carbonyl (C=O) groups is 1. The molecule has 7 rings (SSSR count). The summed E-state index contributed by atoms with van der Waals surface area (Å²) >= 11 is 0. The van der Waals surface area contributed by atoms with Crippen molar-refractivity contribution < 1.29 is 19.0 Å². The monoisotopic (exact) mass is 728 g/mol. The Morgan fingerprint density at radius 1 is 0.925 bits per heavy atom. The highest BCUT2D eigenvalue weighted by Gasteiger charge is 2.70. The largest absolute Gasteiger partial charge is 0.460 e. The highest BCUT2D eigenvalue weighted by atomic mass is 19.1. The molecule has 4 saturated carbocycles. The summed E-state index contributed by atoms with van der Waals surface area (Å²) in [5.74, 6) is 2.60. The standard InChI is InChI=1S/C48H70FNO3/c1-32(2)35-19-26-48(50-31-42(3,4)52)28-27-45(8)37(40(35)48)15-16-39-44(7)22-20-36(43(5,6)38(44)21-23-46(39,45)9)34-17-24-47(30-49,25-18-34)41(51)53-29-33-13-11-10-12-14-33/h10-14,17,20,35,37-40,50,52H,1,15-16,18-19,21-31H2,2-9H3/t35-,37+,38-,39+,40+,44-,45+,46+,47-,48-/m0/s1. The molecule has 1 aromatic rings. The zero-order valence-corrected chi connectivity index (χ0v) is 34.4. The number of ether oxygens (including phenoxy) is 1. The zero-order chi connectivity index (χ0) is 38.2. The zero-order valence-electron chi connectivity index (χ0n) is 34.4. The first-order valence-electron chi connectivity index (χ1n) is 21.2. The third-order valence-corrected chi connectivity index (χ3v) is 17.4. The van der Waals surface area contributed by atoms with E-state index in [-0.39, 0.29) is 33.8 Å². The van der Waals surface area contributed by atoms with Gasteiger partial charge in [0.2, 0.25) is 0 Å². The summed E-state index contributed by atoms with van der Waals surface area (Å²) in [4.78, 5) is 13.3. The molecule has 53 heavy (non-hydrogen) atoms. The summed E-state index contributed by atoms with van der Waals surface area (Å²) < 4.78 is 20.4. The van der Waals surface area contributed by atoms with E-state index in [0.29, 0.717) is 49.0 Å². The Hall–Kier alpha value is -2.24. The summed E-state index contributed by atoms with van der Waals surface area (Å²) in [7, 11) is 0. The summed E-state index contributed by atoms with van der Waals surface area (Å²) in [5, 5.41) is 14.8. The summed E-state index contributed by atoms with van der Waals surface area (Å²) in [6.45, 7) is 23.9. The molecular formula is C48H70FNO3. The van der Waals surface area contributed by atoms with E-state index in [2.05, 4.69) is 65.6 Å². The molecule has 0 amide bonds. The van der Waals surface area contributed by atoms with Crippen LogP contribution in [0.25, 0.3) is 0 Å². The van der Waals surface area contributed by atoms with Crippen molar-refractivity contribution in [3.63, 3.8) is 0 Å². The lowest BCUT2D eigenvalue weighted by atomic mass is 9.33. The predicted octanol–water partition coefficient (Wildman–Crippen LogP) is 11.1. The van der Waals surface area contributed by atoms with E-state index in [9.17, 15) is 14.3 Å². The van der Waals surface area contributed by atoms with Gasteiger partial charge in [-0.15, -0.1) is 0 Å². The molecular weight excluding hydrogens is 658 g/mol. The van der Waals surface area contributed by atoms with E-state index >= 15 is 0 Å². The maximum atomic E-state index is 14.7. The van der Waals surface area contributed by atoms with Gasteiger partial charge >= 0.3 is 5.97 Å². The number of aliphatic hydroxyl groups is 1. The van der Waals surface area contributed by atoms with Gasteiger partial charge in [0.15, 0.2) is 0 Å². The molecule has 0 aliphatic heterocycles. The maximum absolute atomic E-state index is 14.7. The normalized spacial score (nSPS) is 41.9.